The summed E-state index contributed by atoms with van der Waals surface area (Å²) in [6.45, 7) is 1.22. The molecule has 0 aromatic carbocycles. The van der Waals surface area contributed by atoms with Crippen LogP contribution >= 0.6 is 11.3 Å². The van der Waals surface area contributed by atoms with Gasteiger partial charge in [-0.1, -0.05) is 6.07 Å². The van der Waals surface area contributed by atoms with Gasteiger partial charge in [0.1, 0.15) is 12.3 Å². The fourth-order valence-corrected chi connectivity index (χ4v) is 4.55. The molecule has 1 aromatic heterocycles. The van der Waals surface area contributed by atoms with Gasteiger partial charge in [-0.15, -0.1) is 11.3 Å². The number of hydrogen-bond donors (Lipinski definition) is 2. The number of likely N-dealkylation sites (tertiary alicyclic amines) is 2. The Morgan fingerprint density at radius 1 is 1.46 bits per heavy atom. The zero-order chi connectivity index (χ0) is 20.1. The highest BCUT2D eigenvalue weighted by Crippen LogP contribution is 2.20. The van der Waals surface area contributed by atoms with Crippen LogP contribution in [0.2, 0.25) is 0 Å². The standard InChI is InChI=1S/C19H25N5O3S/c20-9-14-3-1-5-23(14)19(27)17(21)10-22-13-7-15(12-25)24(11-13)18(26)8-16-4-2-6-28-16/h2,4,6,12-15,17,22H,1,3,5,7-8,10-11,21H2/t13-,14-,15-,17-/m0/s1. The first-order chi connectivity index (χ1) is 13.5. The third-order valence-corrected chi connectivity index (χ3v) is 6.23. The molecule has 2 fully saturated rings. The van der Waals surface area contributed by atoms with Gasteiger partial charge < -0.3 is 25.6 Å². The van der Waals surface area contributed by atoms with Gasteiger partial charge in [-0.3, -0.25) is 9.59 Å². The van der Waals surface area contributed by atoms with Gasteiger partial charge in [-0.25, -0.2) is 0 Å². The molecule has 0 unspecified atom stereocenters. The Balaban J connectivity index is 1.51. The van der Waals surface area contributed by atoms with E-state index in [0.29, 0.717) is 25.9 Å². The van der Waals surface area contributed by atoms with E-state index in [2.05, 4.69) is 11.4 Å². The molecule has 0 radical (unpaired) electrons. The van der Waals surface area contributed by atoms with Crippen LogP contribution in [0.5, 0.6) is 0 Å². The Labute approximate surface area is 168 Å². The fraction of sp³-hybridized carbons (Fsp3) is 0.579. The first kappa shape index (κ1) is 20.5. The maximum absolute atomic E-state index is 12.5. The summed E-state index contributed by atoms with van der Waals surface area (Å²) in [5.41, 5.74) is 6.03. The van der Waals surface area contributed by atoms with Crippen molar-refractivity contribution in [3.05, 3.63) is 22.4 Å². The highest BCUT2D eigenvalue weighted by atomic mass is 32.1. The number of nitrogens with zero attached hydrogens (tertiary/aromatic N) is 3. The molecule has 3 N–H and O–H groups in total. The van der Waals surface area contributed by atoms with Crippen LogP contribution in [0.25, 0.3) is 0 Å². The first-order valence-electron chi connectivity index (χ1n) is 9.49. The van der Waals surface area contributed by atoms with Crippen LogP contribution < -0.4 is 11.1 Å². The average molecular weight is 404 g/mol. The van der Waals surface area contributed by atoms with E-state index >= 15 is 0 Å². The van der Waals surface area contributed by atoms with Crippen molar-refractivity contribution in [1.82, 2.24) is 15.1 Å². The van der Waals surface area contributed by atoms with Crippen LogP contribution in [0.3, 0.4) is 0 Å². The largest absolute Gasteiger partial charge is 0.331 e. The molecule has 2 aliphatic heterocycles. The summed E-state index contributed by atoms with van der Waals surface area (Å²) >= 11 is 1.52. The molecule has 1 aromatic rings. The molecular weight excluding hydrogens is 378 g/mol. The molecule has 2 saturated heterocycles. The maximum Gasteiger partial charge on any atom is 0.241 e. The Kier molecular flexibility index (Phi) is 6.78. The molecule has 2 amide bonds. The van der Waals surface area contributed by atoms with E-state index in [0.717, 1.165) is 17.6 Å². The molecule has 2 aliphatic rings. The summed E-state index contributed by atoms with van der Waals surface area (Å²) in [5, 5.41) is 14.3. The molecule has 0 spiro atoms. The lowest BCUT2D eigenvalue weighted by molar-refractivity contribution is -0.134. The van der Waals surface area contributed by atoms with Crippen LogP contribution in [-0.4, -0.2) is 71.7 Å². The van der Waals surface area contributed by atoms with Crippen molar-refractivity contribution in [2.75, 3.05) is 19.6 Å². The quantitative estimate of drug-likeness (QED) is 0.613. The molecule has 0 aliphatic carbocycles. The number of carbonyl (C=O) groups excluding carboxylic acids is 3. The SMILES string of the molecule is N#C[C@@H]1CCCN1C(=O)[C@@H](N)CN[C@H]1C[C@@H](C=O)N(C(=O)Cc2cccs2)C1. The van der Waals surface area contributed by atoms with E-state index in [1.807, 2.05) is 17.5 Å². The lowest BCUT2D eigenvalue weighted by atomic mass is 10.1. The summed E-state index contributed by atoms with van der Waals surface area (Å²) in [7, 11) is 0. The first-order valence-corrected chi connectivity index (χ1v) is 10.4. The number of rotatable bonds is 7. The normalized spacial score (nSPS) is 25.5. The third-order valence-electron chi connectivity index (χ3n) is 5.35. The average Bonchev–Trinajstić information content (AvgIpc) is 3.45. The van der Waals surface area contributed by atoms with Crippen molar-refractivity contribution in [3.63, 3.8) is 0 Å². The second-order valence-electron chi connectivity index (χ2n) is 7.27. The third kappa shape index (κ3) is 4.58. The van der Waals surface area contributed by atoms with Gasteiger partial charge >= 0.3 is 0 Å². The molecule has 3 heterocycles. The fourth-order valence-electron chi connectivity index (χ4n) is 3.85. The number of nitrogens with two attached hydrogens (primary N) is 1. The van der Waals surface area contributed by atoms with Gasteiger partial charge in [0.25, 0.3) is 0 Å². The summed E-state index contributed by atoms with van der Waals surface area (Å²) < 4.78 is 0. The Morgan fingerprint density at radius 2 is 2.29 bits per heavy atom. The number of amides is 2. The Bertz CT molecular complexity index is 747. The molecule has 0 saturated carbocycles. The van der Waals surface area contributed by atoms with Crippen molar-refractivity contribution >= 4 is 29.4 Å². The summed E-state index contributed by atoms with van der Waals surface area (Å²) in [6.07, 6.45) is 3.10. The van der Waals surface area contributed by atoms with E-state index in [-0.39, 0.29) is 30.8 Å². The topological polar surface area (TPSA) is 120 Å². The van der Waals surface area contributed by atoms with Gasteiger partial charge in [-0.05, 0) is 30.7 Å². The molecular formula is C19H25N5O3S. The van der Waals surface area contributed by atoms with E-state index in [1.54, 1.807) is 9.80 Å². The van der Waals surface area contributed by atoms with E-state index < -0.39 is 18.1 Å². The smallest absolute Gasteiger partial charge is 0.241 e. The zero-order valence-corrected chi connectivity index (χ0v) is 16.4. The van der Waals surface area contributed by atoms with Crippen LogP contribution in [-0.2, 0) is 20.8 Å². The lowest BCUT2D eigenvalue weighted by Crippen LogP contribution is -2.51. The number of carbonyl (C=O) groups is 3. The molecule has 8 nitrogen and oxygen atoms in total. The van der Waals surface area contributed by atoms with Gasteiger partial charge in [0.05, 0.1) is 24.6 Å². The van der Waals surface area contributed by atoms with Gasteiger partial charge in [0.15, 0.2) is 0 Å². The Hall–Kier alpha value is -2.28. The summed E-state index contributed by atoms with van der Waals surface area (Å²) in [4.78, 5) is 40.6. The minimum atomic E-state index is -0.750. The van der Waals surface area contributed by atoms with Gasteiger partial charge in [-0.2, -0.15) is 5.26 Å². The van der Waals surface area contributed by atoms with Crippen LogP contribution in [0.1, 0.15) is 24.1 Å². The van der Waals surface area contributed by atoms with Crippen LogP contribution in [0, 0.1) is 11.3 Å². The molecule has 0 bridgehead atoms. The predicted molar refractivity (Wildman–Crippen MR) is 104 cm³/mol. The minimum absolute atomic E-state index is 0.0712. The summed E-state index contributed by atoms with van der Waals surface area (Å²) in [6, 6.07) is 4.25. The number of thiophene rings is 1. The summed E-state index contributed by atoms with van der Waals surface area (Å²) in [5.74, 6) is -0.301. The molecule has 3 rings (SSSR count). The zero-order valence-electron chi connectivity index (χ0n) is 15.6. The van der Waals surface area contributed by atoms with Crippen LogP contribution in [0.15, 0.2) is 17.5 Å². The predicted octanol–water partition coefficient (Wildman–Crippen LogP) is -0.110. The maximum atomic E-state index is 12.5. The highest BCUT2D eigenvalue weighted by Gasteiger charge is 2.36. The van der Waals surface area contributed by atoms with Crippen molar-refractivity contribution in [1.29, 1.82) is 5.26 Å². The molecule has 150 valence electrons. The number of nitriles is 1. The highest BCUT2D eigenvalue weighted by molar-refractivity contribution is 7.10. The second kappa shape index (κ2) is 9.28. The van der Waals surface area contributed by atoms with Crippen molar-refractivity contribution in [3.8, 4) is 6.07 Å². The minimum Gasteiger partial charge on any atom is -0.331 e. The molecule has 4 atom stereocenters. The van der Waals surface area contributed by atoms with E-state index in [1.165, 1.54) is 11.3 Å². The molecule has 9 heteroatoms. The molecule has 28 heavy (non-hydrogen) atoms. The van der Waals surface area contributed by atoms with Crippen molar-refractivity contribution in [2.24, 2.45) is 5.73 Å². The van der Waals surface area contributed by atoms with Crippen molar-refractivity contribution < 1.29 is 14.4 Å². The number of nitrogens with one attached hydrogen (secondary N) is 1. The van der Waals surface area contributed by atoms with Gasteiger partial charge in [0.2, 0.25) is 11.8 Å². The van der Waals surface area contributed by atoms with Crippen molar-refractivity contribution in [2.45, 2.75) is 49.9 Å². The van der Waals surface area contributed by atoms with Gasteiger partial charge in [0, 0.05) is 30.6 Å². The van der Waals surface area contributed by atoms with E-state index in [9.17, 15) is 14.4 Å². The second-order valence-corrected chi connectivity index (χ2v) is 8.30. The number of hydrogen-bond acceptors (Lipinski definition) is 7. The Morgan fingerprint density at radius 3 is 2.96 bits per heavy atom. The lowest BCUT2D eigenvalue weighted by Gasteiger charge is -2.24. The monoisotopic (exact) mass is 403 g/mol. The number of aldehydes is 1. The van der Waals surface area contributed by atoms with Crippen LogP contribution in [0.4, 0.5) is 0 Å². The van der Waals surface area contributed by atoms with E-state index in [4.69, 9.17) is 11.0 Å².